The molecule has 0 aliphatic carbocycles. The van der Waals surface area contributed by atoms with Crippen LogP contribution >= 0.6 is 0 Å². The molecule has 4 nitrogen and oxygen atoms in total. The van der Waals surface area contributed by atoms with E-state index in [-0.39, 0.29) is 19.0 Å². The lowest BCUT2D eigenvalue weighted by atomic mass is 10.3. The van der Waals surface area contributed by atoms with Crippen LogP contribution in [0.3, 0.4) is 0 Å². The third kappa shape index (κ3) is 4.40. The lowest BCUT2D eigenvalue weighted by molar-refractivity contribution is -0.124. The lowest BCUT2D eigenvalue weighted by Gasteiger charge is -2.08. The zero-order valence-electron chi connectivity index (χ0n) is 11.2. The van der Waals surface area contributed by atoms with Crippen LogP contribution in [0.15, 0.2) is 54.6 Å². The number of Topliss-reactive ketones (excluding diaryl/α,β-unsaturated/α-hetero) is 1. The van der Waals surface area contributed by atoms with E-state index in [4.69, 9.17) is 14.2 Å². The third-order valence-electron chi connectivity index (χ3n) is 2.51. The Morgan fingerprint density at radius 3 is 2.10 bits per heavy atom. The number of hydrogen-bond acceptors (Lipinski definition) is 4. The topological polar surface area (TPSA) is 44.8 Å². The summed E-state index contributed by atoms with van der Waals surface area (Å²) in [5.41, 5.74) is 0. The van der Waals surface area contributed by atoms with Crippen molar-refractivity contribution in [2.45, 2.75) is 0 Å². The maximum Gasteiger partial charge on any atom is 0.195 e. The highest BCUT2D eigenvalue weighted by Crippen LogP contribution is 2.23. The normalized spacial score (nSPS) is 10.1. The molecule has 2 aromatic carbocycles. The van der Waals surface area contributed by atoms with Crippen molar-refractivity contribution in [2.24, 2.45) is 0 Å². The molecule has 0 fully saturated rings. The SMILES string of the molecule is COCC(=O)COc1ccc(Oc2ccccc2)cc1. The van der Waals surface area contributed by atoms with Crippen LogP contribution in [0.1, 0.15) is 0 Å². The van der Waals surface area contributed by atoms with E-state index >= 15 is 0 Å². The molecule has 104 valence electrons. The van der Waals surface area contributed by atoms with Crippen molar-refractivity contribution in [1.82, 2.24) is 0 Å². The van der Waals surface area contributed by atoms with Crippen LogP contribution in [0.5, 0.6) is 17.2 Å². The smallest absolute Gasteiger partial charge is 0.195 e. The number of methoxy groups -OCH3 is 1. The molecule has 0 unspecified atom stereocenters. The van der Waals surface area contributed by atoms with E-state index in [2.05, 4.69) is 0 Å². The van der Waals surface area contributed by atoms with E-state index in [1.165, 1.54) is 7.11 Å². The molecule has 0 spiro atoms. The summed E-state index contributed by atoms with van der Waals surface area (Å²) in [6.45, 7) is 0.0714. The number of carbonyl (C=O) groups is 1. The molecule has 0 aliphatic heterocycles. The minimum atomic E-state index is -0.0999. The van der Waals surface area contributed by atoms with Crippen LogP contribution in [-0.2, 0) is 9.53 Å². The van der Waals surface area contributed by atoms with Crippen LogP contribution in [0.25, 0.3) is 0 Å². The van der Waals surface area contributed by atoms with Crippen molar-refractivity contribution in [3.8, 4) is 17.2 Å². The average molecular weight is 272 g/mol. The fourth-order valence-electron chi connectivity index (χ4n) is 1.60. The lowest BCUT2D eigenvalue weighted by Crippen LogP contribution is -2.16. The van der Waals surface area contributed by atoms with Gasteiger partial charge in [0.25, 0.3) is 0 Å². The predicted molar refractivity (Wildman–Crippen MR) is 75.3 cm³/mol. The fourth-order valence-corrected chi connectivity index (χ4v) is 1.60. The Bertz CT molecular complexity index is 534. The van der Waals surface area contributed by atoms with E-state index in [0.717, 1.165) is 5.75 Å². The van der Waals surface area contributed by atoms with Gasteiger partial charge >= 0.3 is 0 Å². The van der Waals surface area contributed by atoms with E-state index in [1.54, 1.807) is 24.3 Å². The van der Waals surface area contributed by atoms with Crippen LogP contribution in [0.2, 0.25) is 0 Å². The van der Waals surface area contributed by atoms with E-state index in [9.17, 15) is 4.79 Å². The summed E-state index contributed by atoms with van der Waals surface area (Å²) in [5.74, 6) is 2.01. The molecule has 0 aliphatic rings. The van der Waals surface area contributed by atoms with Crippen LogP contribution in [0, 0.1) is 0 Å². The van der Waals surface area contributed by atoms with Crippen molar-refractivity contribution in [1.29, 1.82) is 0 Å². The van der Waals surface area contributed by atoms with Gasteiger partial charge in [-0.1, -0.05) is 18.2 Å². The number of ether oxygens (including phenoxy) is 3. The first-order chi connectivity index (χ1) is 9.78. The molecular formula is C16H16O4. The van der Waals surface area contributed by atoms with E-state index in [0.29, 0.717) is 11.5 Å². The first-order valence-electron chi connectivity index (χ1n) is 6.24. The number of ketones is 1. The van der Waals surface area contributed by atoms with Gasteiger partial charge in [-0.25, -0.2) is 0 Å². The minimum Gasteiger partial charge on any atom is -0.486 e. The summed E-state index contributed by atoms with van der Waals surface area (Å²) in [6.07, 6.45) is 0. The molecule has 0 saturated heterocycles. The standard InChI is InChI=1S/C16H16O4/c1-18-11-13(17)12-19-14-7-9-16(10-8-14)20-15-5-3-2-4-6-15/h2-10H,11-12H2,1H3. The van der Waals surface area contributed by atoms with Gasteiger partial charge in [0.05, 0.1) is 0 Å². The average Bonchev–Trinajstić information content (AvgIpc) is 2.48. The Hall–Kier alpha value is -2.33. The first kappa shape index (κ1) is 14.1. The zero-order valence-corrected chi connectivity index (χ0v) is 11.2. The highest BCUT2D eigenvalue weighted by Gasteiger charge is 2.03. The van der Waals surface area contributed by atoms with Crippen molar-refractivity contribution < 1.29 is 19.0 Å². The molecular weight excluding hydrogens is 256 g/mol. The number of para-hydroxylation sites is 1. The molecule has 2 rings (SSSR count). The highest BCUT2D eigenvalue weighted by atomic mass is 16.5. The summed E-state index contributed by atoms with van der Waals surface area (Å²) in [4.78, 5) is 11.2. The van der Waals surface area contributed by atoms with Crippen molar-refractivity contribution >= 4 is 5.78 Å². The molecule has 0 saturated carbocycles. The first-order valence-corrected chi connectivity index (χ1v) is 6.24. The number of rotatable bonds is 7. The number of hydrogen-bond donors (Lipinski definition) is 0. The Labute approximate surface area is 117 Å². The maximum atomic E-state index is 11.2. The van der Waals surface area contributed by atoms with Gasteiger partial charge in [-0.05, 0) is 36.4 Å². The number of carbonyl (C=O) groups excluding carboxylic acids is 1. The molecule has 0 radical (unpaired) electrons. The van der Waals surface area contributed by atoms with E-state index in [1.807, 2.05) is 30.3 Å². The van der Waals surface area contributed by atoms with Crippen LogP contribution < -0.4 is 9.47 Å². The van der Waals surface area contributed by atoms with Gasteiger partial charge in [0.15, 0.2) is 5.78 Å². The second kappa shape index (κ2) is 7.31. The Morgan fingerprint density at radius 1 is 0.850 bits per heavy atom. The van der Waals surface area contributed by atoms with Gasteiger partial charge in [0.1, 0.15) is 30.5 Å². The minimum absolute atomic E-state index is 0.00668. The Morgan fingerprint density at radius 2 is 1.45 bits per heavy atom. The Balaban J connectivity index is 1.88. The molecule has 2 aromatic rings. The van der Waals surface area contributed by atoms with Crippen LogP contribution in [-0.4, -0.2) is 26.1 Å². The number of benzene rings is 2. The largest absolute Gasteiger partial charge is 0.486 e. The van der Waals surface area contributed by atoms with Gasteiger partial charge in [-0.2, -0.15) is 0 Å². The molecule has 0 amide bonds. The second-order valence-electron chi connectivity index (χ2n) is 4.15. The van der Waals surface area contributed by atoms with Crippen molar-refractivity contribution in [3.63, 3.8) is 0 Å². The van der Waals surface area contributed by atoms with Gasteiger partial charge in [-0.3, -0.25) is 4.79 Å². The molecule has 0 bridgehead atoms. The second-order valence-corrected chi connectivity index (χ2v) is 4.15. The third-order valence-corrected chi connectivity index (χ3v) is 2.51. The monoisotopic (exact) mass is 272 g/mol. The highest BCUT2D eigenvalue weighted by molar-refractivity contribution is 5.81. The summed E-state index contributed by atoms with van der Waals surface area (Å²) in [7, 11) is 1.48. The zero-order chi connectivity index (χ0) is 14.2. The maximum absolute atomic E-state index is 11.2. The summed E-state index contributed by atoms with van der Waals surface area (Å²) < 4.78 is 15.7. The molecule has 0 N–H and O–H groups in total. The van der Waals surface area contributed by atoms with Gasteiger partial charge in [0, 0.05) is 7.11 Å². The molecule has 0 atom stereocenters. The molecule has 20 heavy (non-hydrogen) atoms. The Kier molecular flexibility index (Phi) is 5.15. The molecule has 4 heteroatoms. The van der Waals surface area contributed by atoms with Gasteiger partial charge in [-0.15, -0.1) is 0 Å². The summed E-state index contributed by atoms with van der Waals surface area (Å²) >= 11 is 0. The van der Waals surface area contributed by atoms with Crippen molar-refractivity contribution in [3.05, 3.63) is 54.6 Å². The fraction of sp³-hybridized carbons (Fsp3) is 0.188. The molecule has 0 aromatic heterocycles. The van der Waals surface area contributed by atoms with E-state index < -0.39 is 0 Å². The molecule has 0 heterocycles. The van der Waals surface area contributed by atoms with Crippen molar-refractivity contribution in [2.75, 3.05) is 20.3 Å². The van der Waals surface area contributed by atoms with Gasteiger partial charge < -0.3 is 14.2 Å². The predicted octanol–water partition coefficient (Wildman–Crippen LogP) is 3.07. The van der Waals surface area contributed by atoms with Gasteiger partial charge in [0.2, 0.25) is 0 Å². The van der Waals surface area contributed by atoms with Crippen LogP contribution in [0.4, 0.5) is 0 Å². The summed E-state index contributed by atoms with van der Waals surface area (Å²) in [5, 5.41) is 0. The summed E-state index contributed by atoms with van der Waals surface area (Å²) in [6, 6.07) is 16.6. The quantitative estimate of drug-likeness (QED) is 0.777.